The van der Waals surface area contributed by atoms with Crippen molar-refractivity contribution in [2.24, 2.45) is 12.0 Å². The van der Waals surface area contributed by atoms with Crippen LogP contribution in [-0.4, -0.2) is 21.0 Å². The van der Waals surface area contributed by atoms with Gasteiger partial charge in [0.25, 0.3) is 5.56 Å². The molecule has 0 aliphatic carbocycles. The van der Waals surface area contributed by atoms with E-state index < -0.39 is 0 Å². The molecule has 2 aromatic carbocycles. The summed E-state index contributed by atoms with van der Waals surface area (Å²) in [6.45, 7) is 0.463. The molecule has 148 valence electrons. The highest BCUT2D eigenvalue weighted by Gasteiger charge is 2.20. The average molecular weight is 396 g/mol. The van der Waals surface area contributed by atoms with E-state index in [0.29, 0.717) is 12.2 Å². The lowest BCUT2D eigenvalue weighted by Gasteiger charge is -2.11. The predicted octanol–water partition coefficient (Wildman–Crippen LogP) is 4.54. The van der Waals surface area contributed by atoms with Crippen LogP contribution in [0.2, 0.25) is 0 Å². The van der Waals surface area contributed by atoms with E-state index in [0.717, 1.165) is 39.4 Å². The molecular weight excluding hydrogens is 376 g/mol. The molecule has 0 fully saturated rings. The van der Waals surface area contributed by atoms with Gasteiger partial charge in [-0.3, -0.25) is 20.0 Å². The predicted molar refractivity (Wildman–Crippen MR) is 119 cm³/mol. The van der Waals surface area contributed by atoms with Gasteiger partial charge in [0, 0.05) is 36.8 Å². The molecule has 0 bridgehead atoms. The molecule has 0 unspecified atom stereocenters. The summed E-state index contributed by atoms with van der Waals surface area (Å²) in [6, 6.07) is 17.8. The minimum absolute atomic E-state index is 0.175. The standard InChI is InChI=1S/C24H20N4O2/c1-28-11-10-17(14-28)23-19(24(29)27-26-23)12-18-13-25-20-8-5-9-21(22(18)20)30-15-16-6-3-2-4-7-16/h2-14H,15H2,1H3,(H2,26,27,29)/b18-12+. The third-order valence-electron chi connectivity index (χ3n) is 5.11. The molecule has 1 aliphatic heterocycles. The Morgan fingerprint density at radius 3 is 2.73 bits per heavy atom. The second kappa shape index (κ2) is 7.40. The maximum absolute atomic E-state index is 12.5. The molecule has 0 amide bonds. The zero-order valence-corrected chi connectivity index (χ0v) is 16.4. The number of aromatic amines is 2. The Kier molecular flexibility index (Phi) is 4.44. The lowest BCUT2D eigenvalue weighted by molar-refractivity contribution is 0.305. The van der Waals surface area contributed by atoms with E-state index in [4.69, 9.17) is 4.74 Å². The number of rotatable bonds is 5. The normalized spacial score (nSPS) is 13.7. The smallest absolute Gasteiger partial charge is 0.271 e. The van der Waals surface area contributed by atoms with Crippen molar-refractivity contribution in [2.75, 3.05) is 0 Å². The molecule has 0 saturated heterocycles. The Bertz CT molecular complexity index is 1320. The van der Waals surface area contributed by atoms with Crippen LogP contribution < -0.4 is 10.3 Å². The highest BCUT2D eigenvalue weighted by molar-refractivity contribution is 6.22. The van der Waals surface area contributed by atoms with Gasteiger partial charge in [-0.1, -0.05) is 36.4 Å². The largest absolute Gasteiger partial charge is 0.488 e. The van der Waals surface area contributed by atoms with Crippen molar-refractivity contribution in [3.63, 3.8) is 0 Å². The monoisotopic (exact) mass is 396 g/mol. The van der Waals surface area contributed by atoms with Gasteiger partial charge in [0.15, 0.2) is 0 Å². The van der Waals surface area contributed by atoms with Gasteiger partial charge in [-0.05, 0) is 29.8 Å². The third-order valence-corrected chi connectivity index (χ3v) is 5.11. The molecule has 6 nitrogen and oxygen atoms in total. The number of allylic oxidation sites excluding steroid dienone is 1. The third kappa shape index (κ3) is 3.28. The average Bonchev–Trinajstić information content (AvgIpc) is 3.47. The van der Waals surface area contributed by atoms with E-state index in [1.54, 1.807) is 6.21 Å². The fraction of sp³-hybridized carbons (Fsp3) is 0.0833. The van der Waals surface area contributed by atoms with E-state index in [-0.39, 0.29) is 5.56 Å². The van der Waals surface area contributed by atoms with Crippen LogP contribution in [0.15, 0.2) is 76.8 Å². The number of nitrogens with zero attached hydrogens (tertiary/aromatic N) is 2. The van der Waals surface area contributed by atoms with E-state index in [1.807, 2.05) is 84.7 Å². The van der Waals surface area contributed by atoms with Gasteiger partial charge < -0.3 is 9.30 Å². The lowest BCUT2D eigenvalue weighted by atomic mass is 10.0. The van der Waals surface area contributed by atoms with Gasteiger partial charge in [-0.15, -0.1) is 0 Å². The molecule has 2 aromatic heterocycles. The maximum Gasteiger partial charge on any atom is 0.271 e. The fourth-order valence-corrected chi connectivity index (χ4v) is 3.63. The number of aliphatic imine (C=N–C) groups is 1. The van der Waals surface area contributed by atoms with E-state index in [1.165, 1.54) is 0 Å². The first-order valence-corrected chi connectivity index (χ1v) is 9.68. The number of nitrogens with one attached hydrogen (secondary N) is 2. The van der Waals surface area contributed by atoms with Crippen LogP contribution in [0.1, 0.15) is 16.7 Å². The van der Waals surface area contributed by atoms with Gasteiger partial charge in [0.05, 0.1) is 22.5 Å². The van der Waals surface area contributed by atoms with Gasteiger partial charge >= 0.3 is 0 Å². The second-order valence-corrected chi connectivity index (χ2v) is 7.22. The van der Waals surface area contributed by atoms with Crippen LogP contribution in [0.5, 0.6) is 5.75 Å². The maximum atomic E-state index is 12.5. The van der Waals surface area contributed by atoms with Crippen LogP contribution in [0.3, 0.4) is 0 Å². The summed E-state index contributed by atoms with van der Waals surface area (Å²) in [5.74, 6) is 0.744. The Hall–Kier alpha value is -4.06. The first-order valence-electron chi connectivity index (χ1n) is 9.68. The zero-order chi connectivity index (χ0) is 20.5. The Labute approximate surface area is 173 Å². The molecule has 3 heterocycles. The molecule has 0 radical (unpaired) electrons. The highest BCUT2D eigenvalue weighted by atomic mass is 16.5. The summed E-state index contributed by atoms with van der Waals surface area (Å²) in [4.78, 5) is 17.0. The summed E-state index contributed by atoms with van der Waals surface area (Å²) in [7, 11) is 1.95. The second-order valence-electron chi connectivity index (χ2n) is 7.22. The summed E-state index contributed by atoms with van der Waals surface area (Å²) in [5.41, 5.74) is 5.74. The summed E-state index contributed by atoms with van der Waals surface area (Å²) < 4.78 is 8.06. The minimum atomic E-state index is -0.175. The van der Waals surface area contributed by atoms with Crippen LogP contribution in [0.4, 0.5) is 5.69 Å². The topological polar surface area (TPSA) is 75.2 Å². The fourth-order valence-electron chi connectivity index (χ4n) is 3.63. The van der Waals surface area contributed by atoms with Crippen LogP contribution in [0.25, 0.3) is 22.9 Å². The molecule has 0 saturated carbocycles. The quantitative estimate of drug-likeness (QED) is 0.519. The minimum Gasteiger partial charge on any atom is -0.488 e. The number of benzene rings is 2. The molecule has 1 aliphatic rings. The van der Waals surface area contributed by atoms with Crippen LogP contribution in [0, 0.1) is 0 Å². The van der Waals surface area contributed by atoms with Gasteiger partial charge in [-0.25, -0.2) is 0 Å². The Morgan fingerprint density at radius 2 is 1.93 bits per heavy atom. The van der Waals surface area contributed by atoms with Gasteiger partial charge in [0.1, 0.15) is 12.4 Å². The Morgan fingerprint density at radius 1 is 1.07 bits per heavy atom. The first kappa shape index (κ1) is 18.0. The van der Waals surface area contributed by atoms with E-state index >= 15 is 0 Å². The molecule has 0 spiro atoms. The molecule has 30 heavy (non-hydrogen) atoms. The van der Waals surface area contributed by atoms with Crippen LogP contribution in [-0.2, 0) is 13.7 Å². The number of hydrogen-bond donors (Lipinski definition) is 2. The Balaban J connectivity index is 1.52. The molecular formula is C24H20N4O2. The number of ether oxygens (including phenoxy) is 1. The van der Waals surface area contributed by atoms with Crippen molar-refractivity contribution in [3.8, 4) is 17.0 Å². The summed E-state index contributed by atoms with van der Waals surface area (Å²) in [6.07, 6.45) is 7.55. The lowest BCUT2D eigenvalue weighted by Crippen LogP contribution is -2.02. The van der Waals surface area contributed by atoms with E-state index in [9.17, 15) is 4.79 Å². The number of aryl methyl sites for hydroxylation is 1. The molecule has 6 heteroatoms. The van der Waals surface area contributed by atoms with Crippen molar-refractivity contribution in [1.82, 2.24) is 14.8 Å². The first-order chi connectivity index (χ1) is 14.7. The SMILES string of the molecule is Cn1ccc(-c2[nH][nH]c(=O)c2/C=C2\C=Nc3cccc(OCc4ccccc4)c32)c1. The van der Waals surface area contributed by atoms with Crippen molar-refractivity contribution in [1.29, 1.82) is 0 Å². The number of fused-ring (bicyclic) bond motifs is 1. The number of hydrogen-bond acceptors (Lipinski definition) is 3. The molecule has 4 aromatic rings. The molecule has 0 atom stereocenters. The van der Waals surface area contributed by atoms with E-state index in [2.05, 4.69) is 15.2 Å². The van der Waals surface area contributed by atoms with Crippen LogP contribution >= 0.6 is 0 Å². The zero-order valence-electron chi connectivity index (χ0n) is 16.4. The van der Waals surface area contributed by atoms with Crippen molar-refractivity contribution in [2.45, 2.75) is 6.61 Å². The highest BCUT2D eigenvalue weighted by Crippen LogP contribution is 2.40. The van der Waals surface area contributed by atoms with Crippen molar-refractivity contribution < 1.29 is 4.74 Å². The van der Waals surface area contributed by atoms with Gasteiger partial charge in [-0.2, -0.15) is 0 Å². The van der Waals surface area contributed by atoms with Crippen molar-refractivity contribution in [3.05, 3.63) is 94.0 Å². The molecule has 5 rings (SSSR count). The number of H-pyrrole nitrogens is 2. The summed E-state index contributed by atoms with van der Waals surface area (Å²) >= 11 is 0. The molecule has 2 N–H and O–H groups in total. The number of aromatic nitrogens is 3. The summed E-state index contributed by atoms with van der Waals surface area (Å²) in [5, 5.41) is 5.69. The van der Waals surface area contributed by atoms with Crippen molar-refractivity contribution >= 4 is 23.6 Å². The van der Waals surface area contributed by atoms with Gasteiger partial charge in [0.2, 0.25) is 0 Å².